The van der Waals surface area contributed by atoms with Gasteiger partial charge in [0.05, 0.1) is 0 Å². The van der Waals surface area contributed by atoms with Gasteiger partial charge in [0, 0.05) is 12.2 Å². The average molecular weight is 256 g/mol. The van der Waals surface area contributed by atoms with E-state index in [0.29, 0.717) is 11.1 Å². The van der Waals surface area contributed by atoms with Crippen LogP contribution >= 0.6 is 36.4 Å². The molecule has 1 aromatic rings. The lowest BCUT2D eigenvalue weighted by Crippen LogP contribution is -2.12. The summed E-state index contributed by atoms with van der Waals surface area (Å²) in [5, 5.41) is 0.531. The van der Waals surface area contributed by atoms with Crippen molar-refractivity contribution in [2.24, 2.45) is 11.7 Å². The fourth-order valence-corrected chi connectivity index (χ4v) is 1.53. The van der Waals surface area contributed by atoms with Gasteiger partial charge in [-0.05, 0) is 36.5 Å². The number of halogens is 3. The van der Waals surface area contributed by atoms with Crippen molar-refractivity contribution >= 4 is 36.4 Å². The van der Waals surface area contributed by atoms with E-state index >= 15 is 0 Å². The van der Waals surface area contributed by atoms with Crippen LogP contribution < -0.4 is 5.73 Å². The second-order valence-electron chi connectivity index (χ2n) is 3.28. The molecule has 0 spiro atoms. The van der Waals surface area contributed by atoms with Crippen LogP contribution in [0, 0.1) is 5.92 Å². The summed E-state index contributed by atoms with van der Waals surface area (Å²) >= 11 is 5.75. The van der Waals surface area contributed by atoms with Crippen molar-refractivity contribution in [3.63, 3.8) is 0 Å². The van der Waals surface area contributed by atoms with Gasteiger partial charge in [-0.25, -0.2) is 4.98 Å². The summed E-state index contributed by atoms with van der Waals surface area (Å²) in [7, 11) is 0. The Kier molecular flexibility index (Phi) is 5.75. The fourth-order valence-electron chi connectivity index (χ4n) is 1.35. The molecule has 2 nitrogen and oxygen atoms in total. The standard InChI is InChI=1S/C9H11ClN2.2ClH/c10-8-5-7(3-4-12-8)9(11)6-1-2-6;;/h3-6,9H,1-2,11H2;2*1H. The molecule has 1 heterocycles. The second kappa shape index (κ2) is 5.76. The van der Waals surface area contributed by atoms with Gasteiger partial charge in [-0.2, -0.15) is 0 Å². The molecule has 0 bridgehead atoms. The Balaban J connectivity index is 0.000000845. The Morgan fingerprint density at radius 3 is 2.57 bits per heavy atom. The van der Waals surface area contributed by atoms with Crippen molar-refractivity contribution in [2.45, 2.75) is 18.9 Å². The predicted octanol–water partition coefficient (Wildman–Crippen LogP) is 2.99. The number of hydrogen-bond acceptors (Lipinski definition) is 2. The quantitative estimate of drug-likeness (QED) is 0.825. The van der Waals surface area contributed by atoms with Crippen molar-refractivity contribution in [1.82, 2.24) is 4.98 Å². The summed E-state index contributed by atoms with van der Waals surface area (Å²) in [6.07, 6.45) is 4.21. The van der Waals surface area contributed by atoms with E-state index in [2.05, 4.69) is 4.98 Å². The Morgan fingerprint density at radius 1 is 1.43 bits per heavy atom. The first-order valence-electron chi connectivity index (χ1n) is 4.14. The van der Waals surface area contributed by atoms with Gasteiger partial charge in [0.15, 0.2) is 0 Å². The lowest BCUT2D eigenvalue weighted by molar-refractivity contribution is 0.632. The van der Waals surface area contributed by atoms with Gasteiger partial charge >= 0.3 is 0 Å². The third-order valence-corrected chi connectivity index (χ3v) is 2.47. The minimum Gasteiger partial charge on any atom is -0.324 e. The minimum atomic E-state index is 0. The van der Waals surface area contributed by atoms with Gasteiger partial charge in [0.1, 0.15) is 5.15 Å². The molecule has 1 fully saturated rings. The van der Waals surface area contributed by atoms with Crippen LogP contribution in [0.25, 0.3) is 0 Å². The molecule has 0 radical (unpaired) electrons. The number of pyridine rings is 1. The SMILES string of the molecule is Cl.Cl.NC(c1ccnc(Cl)c1)C1CC1. The highest BCUT2D eigenvalue weighted by Crippen LogP contribution is 2.39. The molecule has 0 aliphatic heterocycles. The lowest BCUT2D eigenvalue weighted by atomic mass is 10.1. The summed E-state index contributed by atoms with van der Waals surface area (Å²) in [4.78, 5) is 3.91. The number of hydrogen-bond donors (Lipinski definition) is 1. The zero-order valence-corrected chi connectivity index (χ0v) is 9.91. The summed E-state index contributed by atoms with van der Waals surface area (Å²) < 4.78 is 0. The maximum Gasteiger partial charge on any atom is 0.129 e. The van der Waals surface area contributed by atoms with Crippen LogP contribution in [-0.2, 0) is 0 Å². The number of aromatic nitrogens is 1. The molecule has 1 atom stereocenters. The van der Waals surface area contributed by atoms with Gasteiger partial charge in [0.25, 0.3) is 0 Å². The Morgan fingerprint density at radius 2 is 2.07 bits per heavy atom. The van der Waals surface area contributed by atoms with Crippen molar-refractivity contribution in [3.05, 3.63) is 29.0 Å². The maximum absolute atomic E-state index is 5.98. The van der Waals surface area contributed by atoms with E-state index < -0.39 is 0 Å². The molecule has 5 heteroatoms. The van der Waals surface area contributed by atoms with Crippen LogP contribution in [0.15, 0.2) is 18.3 Å². The Labute approximate surface area is 101 Å². The van der Waals surface area contributed by atoms with Crippen LogP contribution in [0.4, 0.5) is 0 Å². The van der Waals surface area contributed by atoms with Crippen molar-refractivity contribution in [3.8, 4) is 0 Å². The zero-order chi connectivity index (χ0) is 8.55. The minimum absolute atomic E-state index is 0. The van der Waals surface area contributed by atoms with Crippen LogP contribution in [-0.4, -0.2) is 4.98 Å². The molecule has 1 aromatic heterocycles. The van der Waals surface area contributed by atoms with E-state index in [4.69, 9.17) is 17.3 Å². The molecule has 80 valence electrons. The Hall–Kier alpha value is -0.0200. The molecule has 0 amide bonds. The van der Waals surface area contributed by atoms with E-state index in [0.717, 1.165) is 5.56 Å². The fraction of sp³-hybridized carbons (Fsp3) is 0.444. The molecule has 1 unspecified atom stereocenters. The van der Waals surface area contributed by atoms with Crippen molar-refractivity contribution < 1.29 is 0 Å². The van der Waals surface area contributed by atoms with E-state index in [-0.39, 0.29) is 30.9 Å². The molecule has 1 aliphatic rings. The molecule has 2 N–H and O–H groups in total. The van der Waals surface area contributed by atoms with Crippen molar-refractivity contribution in [2.75, 3.05) is 0 Å². The normalized spacial score (nSPS) is 16.4. The third-order valence-electron chi connectivity index (χ3n) is 2.27. The highest BCUT2D eigenvalue weighted by atomic mass is 35.5. The monoisotopic (exact) mass is 254 g/mol. The molecular formula is C9H13Cl3N2. The molecule has 0 saturated heterocycles. The maximum atomic E-state index is 5.98. The summed E-state index contributed by atoms with van der Waals surface area (Å²) in [6.45, 7) is 0. The number of nitrogens with zero attached hydrogens (tertiary/aromatic N) is 1. The lowest BCUT2D eigenvalue weighted by Gasteiger charge is -2.09. The van der Waals surface area contributed by atoms with Crippen LogP contribution in [0.2, 0.25) is 5.15 Å². The van der Waals surface area contributed by atoms with Gasteiger partial charge in [-0.15, -0.1) is 24.8 Å². The molecular weight excluding hydrogens is 242 g/mol. The largest absolute Gasteiger partial charge is 0.324 e. The van der Waals surface area contributed by atoms with Gasteiger partial charge < -0.3 is 5.73 Å². The highest BCUT2D eigenvalue weighted by molar-refractivity contribution is 6.29. The van der Waals surface area contributed by atoms with E-state index in [9.17, 15) is 0 Å². The van der Waals surface area contributed by atoms with Gasteiger partial charge in [-0.1, -0.05) is 11.6 Å². The second-order valence-corrected chi connectivity index (χ2v) is 3.66. The molecule has 2 rings (SSSR count). The summed E-state index contributed by atoms with van der Waals surface area (Å²) in [5.41, 5.74) is 7.09. The smallest absolute Gasteiger partial charge is 0.129 e. The first-order valence-corrected chi connectivity index (χ1v) is 4.52. The summed E-state index contributed by atoms with van der Waals surface area (Å²) in [6, 6.07) is 3.95. The summed E-state index contributed by atoms with van der Waals surface area (Å²) in [5.74, 6) is 0.670. The topological polar surface area (TPSA) is 38.9 Å². The number of nitrogens with two attached hydrogens (primary N) is 1. The molecule has 1 saturated carbocycles. The first kappa shape index (κ1) is 14.0. The third kappa shape index (κ3) is 3.28. The highest BCUT2D eigenvalue weighted by Gasteiger charge is 2.29. The molecule has 14 heavy (non-hydrogen) atoms. The van der Waals surface area contributed by atoms with Crippen LogP contribution in [0.5, 0.6) is 0 Å². The van der Waals surface area contributed by atoms with Crippen molar-refractivity contribution in [1.29, 1.82) is 0 Å². The predicted molar refractivity (Wildman–Crippen MR) is 63.4 cm³/mol. The molecule has 1 aliphatic carbocycles. The molecule has 0 aromatic carbocycles. The number of rotatable bonds is 2. The Bertz CT molecular complexity index is 289. The van der Waals surface area contributed by atoms with Crippen LogP contribution in [0.3, 0.4) is 0 Å². The van der Waals surface area contributed by atoms with E-state index in [1.807, 2.05) is 12.1 Å². The average Bonchev–Trinajstić information content (AvgIpc) is 2.85. The van der Waals surface area contributed by atoms with Gasteiger partial charge in [-0.3, -0.25) is 0 Å². The zero-order valence-electron chi connectivity index (χ0n) is 7.52. The first-order chi connectivity index (χ1) is 5.77. The van der Waals surface area contributed by atoms with Gasteiger partial charge in [0.2, 0.25) is 0 Å². The van der Waals surface area contributed by atoms with E-state index in [1.54, 1.807) is 6.20 Å². The van der Waals surface area contributed by atoms with Crippen LogP contribution in [0.1, 0.15) is 24.4 Å². The van der Waals surface area contributed by atoms with E-state index in [1.165, 1.54) is 12.8 Å².